The first-order valence-electron chi connectivity index (χ1n) is 6.76. The Bertz CT molecular complexity index is 711. The first-order chi connectivity index (χ1) is 10.2. The second kappa shape index (κ2) is 5.59. The van der Waals surface area contributed by atoms with Gasteiger partial charge in [-0.15, -0.1) is 5.10 Å². The Morgan fingerprint density at radius 1 is 1.23 bits per heavy atom. The number of carboxylic acid groups (broad SMARTS) is 1. The highest BCUT2D eigenvalue weighted by Crippen LogP contribution is 2.27. The zero-order valence-corrected chi connectivity index (χ0v) is 12.7. The maximum atomic E-state index is 11.3. The van der Waals surface area contributed by atoms with Crippen molar-refractivity contribution in [2.75, 3.05) is 0 Å². The van der Waals surface area contributed by atoms with Crippen LogP contribution < -0.4 is 5.73 Å². The van der Waals surface area contributed by atoms with Gasteiger partial charge in [-0.25, -0.2) is 9.48 Å². The summed E-state index contributed by atoms with van der Waals surface area (Å²) in [5, 5.41) is 16.6. The van der Waals surface area contributed by atoms with Crippen LogP contribution in [0.4, 0.5) is 0 Å². The van der Waals surface area contributed by atoms with E-state index >= 15 is 0 Å². The van der Waals surface area contributed by atoms with Crippen molar-refractivity contribution >= 4 is 11.9 Å². The van der Waals surface area contributed by atoms with Gasteiger partial charge in [-0.1, -0.05) is 50.3 Å². The fourth-order valence-electron chi connectivity index (χ4n) is 2.13. The Labute approximate surface area is 127 Å². The number of amides is 1. The van der Waals surface area contributed by atoms with E-state index in [0.29, 0.717) is 5.56 Å². The van der Waals surface area contributed by atoms with Crippen molar-refractivity contribution in [1.29, 1.82) is 0 Å². The molecule has 2 aromatic rings. The Morgan fingerprint density at radius 3 is 2.27 bits per heavy atom. The van der Waals surface area contributed by atoms with E-state index in [1.54, 1.807) is 12.1 Å². The molecule has 3 N–H and O–H groups in total. The molecule has 0 aliphatic carbocycles. The van der Waals surface area contributed by atoms with Crippen molar-refractivity contribution in [2.24, 2.45) is 5.73 Å². The molecular weight excluding hydrogens is 284 g/mol. The number of aromatic carboxylic acids is 1. The van der Waals surface area contributed by atoms with E-state index in [1.165, 1.54) is 4.68 Å². The molecule has 0 fully saturated rings. The molecular formula is C15H18N4O3. The molecule has 7 nitrogen and oxygen atoms in total. The van der Waals surface area contributed by atoms with Crippen LogP contribution in [0.25, 0.3) is 11.3 Å². The number of primary amides is 1. The summed E-state index contributed by atoms with van der Waals surface area (Å²) < 4.78 is 1.21. The van der Waals surface area contributed by atoms with Crippen LogP contribution in [0.1, 0.15) is 36.8 Å². The summed E-state index contributed by atoms with van der Waals surface area (Å²) in [5.74, 6) is -1.82. The standard InChI is InChI=1S/C15H18N4O3/c1-15(2,3)10-6-4-9(5-7-10)13-12(14(21)22)17-18-19(13)8-11(16)20/h4-7H,8H2,1-3H3,(H2,16,20)(H,21,22). The third-order valence-corrected chi connectivity index (χ3v) is 3.27. The van der Waals surface area contributed by atoms with Crippen molar-refractivity contribution in [2.45, 2.75) is 32.7 Å². The predicted molar refractivity (Wildman–Crippen MR) is 80.3 cm³/mol. The van der Waals surface area contributed by atoms with Crippen LogP contribution in [-0.2, 0) is 16.8 Å². The molecule has 1 aromatic heterocycles. The van der Waals surface area contributed by atoms with Crippen molar-refractivity contribution in [3.8, 4) is 11.3 Å². The van der Waals surface area contributed by atoms with Gasteiger partial charge in [0, 0.05) is 5.56 Å². The van der Waals surface area contributed by atoms with Crippen LogP contribution in [0, 0.1) is 0 Å². The fraction of sp³-hybridized carbons (Fsp3) is 0.333. The second-order valence-corrected chi connectivity index (χ2v) is 6.04. The first-order valence-corrected chi connectivity index (χ1v) is 6.76. The molecule has 22 heavy (non-hydrogen) atoms. The SMILES string of the molecule is CC(C)(C)c1ccc(-c2c(C(=O)O)nnn2CC(N)=O)cc1. The zero-order valence-electron chi connectivity index (χ0n) is 12.7. The highest BCUT2D eigenvalue weighted by molar-refractivity contribution is 5.93. The lowest BCUT2D eigenvalue weighted by molar-refractivity contribution is -0.118. The molecule has 0 unspecified atom stereocenters. The van der Waals surface area contributed by atoms with Crippen LogP contribution in [0.15, 0.2) is 24.3 Å². The van der Waals surface area contributed by atoms with Crippen molar-refractivity contribution in [1.82, 2.24) is 15.0 Å². The lowest BCUT2D eigenvalue weighted by atomic mass is 9.86. The van der Waals surface area contributed by atoms with Gasteiger partial charge in [-0.05, 0) is 11.0 Å². The van der Waals surface area contributed by atoms with Gasteiger partial charge in [0.25, 0.3) is 0 Å². The number of carbonyl (C=O) groups is 2. The van der Waals surface area contributed by atoms with Gasteiger partial charge in [0.15, 0.2) is 5.69 Å². The van der Waals surface area contributed by atoms with Gasteiger partial charge in [0.2, 0.25) is 5.91 Å². The summed E-state index contributed by atoms with van der Waals surface area (Å²) in [7, 11) is 0. The second-order valence-electron chi connectivity index (χ2n) is 6.04. The molecule has 1 heterocycles. The number of rotatable bonds is 4. The zero-order chi connectivity index (χ0) is 16.5. The number of aromatic nitrogens is 3. The van der Waals surface area contributed by atoms with Crippen LogP contribution in [0.2, 0.25) is 0 Å². The molecule has 0 saturated heterocycles. The highest BCUT2D eigenvalue weighted by atomic mass is 16.4. The summed E-state index contributed by atoms with van der Waals surface area (Å²) in [6, 6.07) is 7.43. The average molecular weight is 302 g/mol. The Hall–Kier alpha value is -2.70. The quantitative estimate of drug-likeness (QED) is 0.887. The maximum absolute atomic E-state index is 11.3. The molecule has 0 radical (unpaired) electrons. The third-order valence-electron chi connectivity index (χ3n) is 3.27. The molecule has 0 aliphatic rings. The lowest BCUT2D eigenvalue weighted by Crippen LogP contribution is -2.20. The number of hydrogen-bond acceptors (Lipinski definition) is 4. The summed E-state index contributed by atoms with van der Waals surface area (Å²) >= 11 is 0. The number of carboxylic acids is 1. The minimum Gasteiger partial charge on any atom is -0.476 e. The van der Waals surface area contributed by atoms with E-state index in [-0.39, 0.29) is 23.3 Å². The molecule has 1 amide bonds. The van der Waals surface area contributed by atoms with E-state index in [9.17, 15) is 14.7 Å². The minimum absolute atomic E-state index is 0.0140. The summed E-state index contributed by atoms with van der Waals surface area (Å²) in [4.78, 5) is 22.4. The number of benzene rings is 1. The van der Waals surface area contributed by atoms with Gasteiger partial charge >= 0.3 is 5.97 Å². The van der Waals surface area contributed by atoms with Crippen molar-refractivity contribution in [3.63, 3.8) is 0 Å². The van der Waals surface area contributed by atoms with Crippen LogP contribution in [0.3, 0.4) is 0 Å². The average Bonchev–Trinajstić information content (AvgIpc) is 2.81. The monoisotopic (exact) mass is 302 g/mol. The number of nitrogens with zero attached hydrogens (tertiary/aromatic N) is 3. The van der Waals surface area contributed by atoms with Gasteiger partial charge < -0.3 is 10.8 Å². The lowest BCUT2D eigenvalue weighted by Gasteiger charge is -2.19. The van der Waals surface area contributed by atoms with E-state index in [1.807, 2.05) is 12.1 Å². The maximum Gasteiger partial charge on any atom is 0.358 e. The third kappa shape index (κ3) is 3.13. The molecule has 2 rings (SSSR count). The van der Waals surface area contributed by atoms with E-state index in [4.69, 9.17) is 5.73 Å². The van der Waals surface area contributed by atoms with E-state index in [0.717, 1.165) is 5.56 Å². The van der Waals surface area contributed by atoms with Gasteiger partial charge in [0.1, 0.15) is 12.2 Å². The highest BCUT2D eigenvalue weighted by Gasteiger charge is 2.22. The summed E-state index contributed by atoms with van der Waals surface area (Å²) in [6.45, 7) is 6.04. The predicted octanol–water partition coefficient (Wildman–Crippen LogP) is 1.43. The molecule has 1 aromatic carbocycles. The molecule has 0 atom stereocenters. The normalized spacial score (nSPS) is 11.4. The molecule has 0 aliphatic heterocycles. The molecule has 116 valence electrons. The van der Waals surface area contributed by atoms with E-state index in [2.05, 4.69) is 31.1 Å². The largest absolute Gasteiger partial charge is 0.476 e. The minimum atomic E-state index is -1.20. The van der Waals surface area contributed by atoms with Crippen LogP contribution >= 0.6 is 0 Å². The summed E-state index contributed by atoms with van der Waals surface area (Å²) in [6.07, 6.45) is 0. The Balaban J connectivity index is 2.52. The van der Waals surface area contributed by atoms with Crippen molar-refractivity contribution in [3.05, 3.63) is 35.5 Å². The number of carbonyl (C=O) groups excluding carboxylic acids is 1. The van der Waals surface area contributed by atoms with Crippen molar-refractivity contribution < 1.29 is 14.7 Å². The number of hydrogen-bond donors (Lipinski definition) is 2. The topological polar surface area (TPSA) is 111 Å². The van der Waals surface area contributed by atoms with Crippen LogP contribution in [-0.4, -0.2) is 32.0 Å². The molecule has 7 heteroatoms. The molecule has 0 spiro atoms. The first kappa shape index (κ1) is 15.7. The van der Waals surface area contributed by atoms with Gasteiger partial charge in [-0.2, -0.15) is 0 Å². The molecule has 0 bridgehead atoms. The Kier molecular flexibility index (Phi) is 3.99. The fourth-order valence-corrected chi connectivity index (χ4v) is 2.13. The van der Waals surface area contributed by atoms with Crippen LogP contribution in [0.5, 0.6) is 0 Å². The van der Waals surface area contributed by atoms with Gasteiger partial charge in [-0.3, -0.25) is 4.79 Å². The molecule has 0 saturated carbocycles. The van der Waals surface area contributed by atoms with E-state index < -0.39 is 11.9 Å². The Morgan fingerprint density at radius 2 is 1.82 bits per heavy atom. The smallest absolute Gasteiger partial charge is 0.358 e. The van der Waals surface area contributed by atoms with Gasteiger partial charge in [0.05, 0.1) is 0 Å². The number of nitrogens with two attached hydrogens (primary N) is 1. The summed E-state index contributed by atoms with van der Waals surface area (Å²) in [5.41, 5.74) is 6.95.